The molecule has 0 aliphatic carbocycles. The van der Waals surface area contributed by atoms with E-state index in [0.29, 0.717) is 5.33 Å². The summed E-state index contributed by atoms with van der Waals surface area (Å²) in [5.74, 6) is -0.336. The van der Waals surface area contributed by atoms with E-state index in [1.54, 1.807) is 12.1 Å². The molecule has 0 aliphatic rings. The van der Waals surface area contributed by atoms with Crippen molar-refractivity contribution in [3.63, 3.8) is 0 Å². The second kappa shape index (κ2) is 19.7. The van der Waals surface area contributed by atoms with Gasteiger partial charge in [-0.15, -0.1) is 0 Å². The molecular weight excluding hydrogens is 488 g/mol. The molecule has 2 aromatic rings. The average molecular weight is 513 g/mol. The van der Waals surface area contributed by atoms with Crippen molar-refractivity contribution in [2.45, 2.75) is 43.2 Å². The zero-order valence-electron chi connectivity index (χ0n) is 15.5. The lowest BCUT2D eigenvalue weighted by Crippen LogP contribution is -1.81. The molecule has 0 atom stereocenters. The Hall–Kier alpha value is -0.0600. The molecule has 0 fully saturated rings. The number of hydrogen-bond donors (Lipinski definition) is 0. The second-order valence-electron chi connectivity index (χ2n) is 3.99. The van der Waals surface area contributed by atoms with Crippen LogP contribution in [0.25, 0.3) is 0 Å². The maximum atomic E-state index is 12.3. The number of aryl methyl sites for hydroxylation is 1. The van der Waals surface area contributed by atoms with Crippen LogP contribution in [0.5, 0.6) is 0 Å². The zero-order chi connectivity index (χ0) is 21.2. The van der Waals surface area contributed by atoms with Gasteiger partial charge in [0.25, 0.3) is 3.25 Å². The molecular formula is C19H25BrCl4F2. The molecule has 0 aliphatic heterocycles. The first-order valence-electron chi connectivity index (χ1n) is 7.90. The Morgan fingerprint density at radius 2 is 1.19 bits per heavy atom. The maximum Gasteiger partial charge on any atom is 0.266 e. The third kappa shape index (κ3) is 26.2. The average Bonchev–Trinajstić information content (AvgIpc) is 2.57. The Balaban J connectivity index is -0.000000287. The van der Waals surface area contributed by atoms with Gasteiger partial charge in [0.15, 0.2) is 0 Å². The lowest BCUT2D eigenvalue weighted by molar-refractivity contribution is 0.626. The van der Waals surface area contributed by atoms with E-state index in [2.05, 4.69) is 15.9 Å². The molecule has 0 saturated carbocycles. The molecule has 2 aromatic carbocycles. The van der Waals surface area contributed by atoms with Crippen LogP contribution in [0.4, 0.5) is 8.78 Å². The van der Waals surface area contributed by atoms with E-state index in [1.807, 2.05) is 46.8 Å². The molecule has 0 nitrogen and oxygen atoms in total. The van der Waals surface area contributed by atoms with E-state index in [-0.39, 0.29) is 11.6 Å². The van der Waals surface area contributed by atoms with Crippen LogP contribution in [0, 0.1) is 18.6 Å². The quantitative estimate of drug-likeness (QED) is 0.334. The van der Waals surface area contributed by atoms with Crippen molar-refractivity contribution < 1.29 is 8.78 Å². The summed E-state index contributed by atoms with van der Waals surface area (Å²) in [6, 6.07) is 13.0. The van der Waals surface area contributed by atoms with Gasteiger partial charge in [0.05, 0.1) is 0 Å². The van der Waals surface area contributed by atoms with Crippen molar-refractivity contribution in [1.82, 2.24) is 0 Å². The fraction of sp³-hybridized carbons (Fsp3) is 0.368. The first kappa shape index (κ1) is 30.7. The molecule has 0 saturated heterocycles. The number of alkyl halides is 5. The minimum atomic E-state index is -1.61. The van der Waals surface area contributed by atoms with Gasteiger partial charge in [-0.05, 0) is 42.3 Å². The smallest absolute Gasteiger partial charge is 0.207 e. The molecule has 150 valence electrons. The van der Waals surface area contributed by atoms with Gasteiger partial charge in [-0.25, -0.2) is 8.78 Å². The molecule has 0 radical (unpaired) electrons. The van der Waals surface area contributed by atoms with E-state index in [0.717, 1.165) is 11.1 Å². The molecule has 0 unspecified atom stereocenters. The van der Waals surface area contributed by atoms with Gasteiger partial charge < -0.3 is 0 Å². The van der Waals surface area contributed by atoms with Crippen molar-refractivity contribution >= 4 is 62.3 Å². The van der Waals surface area contributed by atoms with Gasteiger partial charge >= 0.3 is 0 Å². The number of benzene rings is 2. The standard InChI is InChI=1S/C7H6BrF.C7H7F.2C2H6.CCl4/c8-5-6-2-1-3-7(9)4-6;1-6-3-2-4-7(8)5-6;2*1-2;2-1(3,4)5/h1-4H,5H2;2-5H,1H3;2*1-2H3;. The summed E-state index contributed by atoms with van der Waals surface area (Å²) < 4.78 is 22.9. The molecule has 0 spiro atoms. The third-order valence-electron chi connectivity index (χ3n) is 2.02. The first-order valence-corrected chi connectivity index (χ1v) is 10.5. The van der Waals surface area contributed by atoms with Crippen LogP contribution in [0.15, 0.2) is 48.5 Å². The predicted molar refractivity (Wildman–Crippen MR) is 119 cm³/mol. The summed E-state index contributed by atoms with van der Waals surface area (Å²) in [7, 11) is 0. The fourth-order valence-electron chi connectivity index (χ4n) is 1.23. The van der Waals surface area contributed by atoms with Gasteiger partial charge in [-0.2, -0.15) is 0 Å². The van der Waals surface area contributed by atoms with Crippen molar-refractivity contribution in [3.05, 3.63) is 71.3 Å². The van der Waals surface area contributed by atoms with Gasteiger partial charge in [0.2, 0.25) is 0 Å². The molecule has 0 N–H and O–H groups in total. The van der Waals surface area contributed by atoms with Crippen molar-refractivity contribution in [2.24, 2.45) is 0 Å². The highest BCUT2D eigenvalue weighted by Gasteiger charge is 2.11. The van der Waals surface area contributed by atoms with Crippen molar-refractivity contribution in [3.8, 4) is 0 Å². The molecule has 0 bridgehead atoms. The van der Waals surface area contributed by atoms with E-state index >= 15 is 0 Å². The Bertz CT molecular complexity index is 538. The molecule has 0 aromatic heterocycles. The molecule has 0 amide bonds. The molecule has 0 heterocycles. The molecule has 2 rings (SSSR count). The number of rotatable bonds is 1. The summed E-state index contributed by atoms with van der Waals surface area (Å²) in [5, 5.41) is 0.713. The van der Waals surface area contributed by atoms with Crippen LogP contribution in [-0.4, -0.2) is 3.25 Å². The van der Waals surface area contributed by atoms with Crippen molar-refractivity contribution in [1.29, 1.82) is 0 Å². The van der Waals surface area contributed by atoms with Gasteiger partial charge in [-0.3, -0.25) is 0 Å². The van der Waals surface area contributed by atoms with E-state index in [4.69, 9.17) is 46.4 Å². The highest BCUT2D eigenvalue weighted by molar-refractivity contribution is 9.08. The van der Waals surface area contributed by atoms with E-state index in [1.165, 1.54) is 24.3 Å². The SMILES string of the molecule is CC.CC.Cc1cccc(F)c1.ClC(Cl)(Cl)Cl.Fc1cccc(CBr)c1. The Kier molecular flexibility index (Phi) is 23.2. The monoisotopic (exact) mass is 510 g/mol. The number of hydrogen-bond acceptors (Lipinski definition) is 0. The highest BCUT2D eigenvalue weighted by atomic mass is 79.9. The van der Waals surface area contributed by atoms with Gasteiger partial charge in [0, 0.05) is 5.33 Å². The Labute approximate surface area is 184 Å². The summed E-state index contributed by atoms with van der Waals surface area (Å²) >= 11 is 22.5. The lowest BCUT2D eigenvalue weighted by atomic mass is 10.2. The van der Waals surface area contributed by atoms with E-state index in [9.17, 15) is 8.78 Å². The maximum absolute atomic E-state index is 12.3. The van der Waals surface area contributed by atoms with Crippen LogP contribution in [-0.2, 0) is 5.33 Å². The first-order chi connectivity index (χ1) is 12.1. The molecule has 7 heteroatoms. The van der Waals surface area contributed by atoms with Gasteiger partial charge in [0.1, 0.15) is 11.6 Å². The van der Waals surface area contributed by atoms with E-state index < -0.39 is 3.25 Å². The van der Waals surface area contributed by atoms with Crippen LogP contribution in [0.2, 0.25) is 0 Å². The Morgan fingerprint density at radius 1 is 0.808 bits per heavy atom. The lowest BCUT2D eigenvalue weighted by Gasteiger charge is -1.91. The second-order valence-corrected chi connectivity index (χ2v) is 7.98. The van der Waals surface area contributed by atoms with Crippen LogP contribution in [0.3, 0.4) is 0 Å². The van der Waals surface area contributed by atoms with Crippen LogP contribution >= 0.6 is 62.3 Å². The minimum absolute atomic E-state index is 0.162. The van der Waals surface area contributed by atoms with Crippen molar-refractivity contribution in [2.75, 3.05) is 0 Å². The normalized spacial score (nSPS) is 8.92. The molecule has 26 heavy (non-hydrogen) atoms. The Morgan fingerprint density at radius 3 is 1.42 bits per heavy atom. The van der Waals surface area contributed by atoms with Crippen LogP contribution < -0.4 is 0 Å². The fourth-order valence-corrected chi connectivity index (χ4v) is 1.57. The van der Waals surface area contributed by atoms with Crippen LogP contribution in [0.1, 0.15) is 38.8 Å². The summed E-state index contributed by atoms with van der Waals surface area (Å²) in [5.41, 5.74) is 1.93. The number of halogens is 7. The summed E-state index contributed by atoms with van der Waals surface area (Å²) in [6.45, 7) is 9.86. The summed E-state index contributed by atoms with van der Waals surface area (Å²) in [6.07, 6.45) is 0. The van der Waals surface area contributed by atoms with Gasteiger partial charge in [-0.1, -0.05) is 114 Å². The third-order valence-corrected chi connectivity index (χ3v) is 2.67. The highest BCUT2D eigenvalue weighted by Crippen LogP contribution is 2.29. The predicted octanol–water partition coefficient (Wildman–Crippen LogP) is 9.46. The topological polar surface area (TPSA) is 0 Å². The minimum Gasteiger partial charge on any atom is -0.207 e. The zero-order valence-corrected chi connectivity index (χ0v) is 20.1. The summed E-state index contributed by atoms with van der Waals surface area (Å²) in [4.78, 5) is 0. The largest absolute Gasteiger partial charge is 0.266 e.